The largest absolute Gasteiger partial charge is 0.394 e. The molecule has 4 aliphatic carbocycles. The zero-order chi connectivity index (χ0) is 45.1. The molecule has 0 bridgehead atoms. The van der Waals surface area contributed by atoms with Gasteiger partial charge in [0.2, 0.25) is 0 Å². The van der Waals surface area contributed by atoms with Crippen molar-refractivity contribution in [2.45, 2.75) is 209 Å². The smallest absolute Gasteiger partial charge is 0.187 e. The van der Waals surface area contributed by atoms with Crippen LogP contribution >= 0.6 is 0 Å². The first kappa shape index (κ1) is 47.4. The van der Waals surface area contributed by atoms with Crippen molar-refractivity contribution in [3.8, 4) is 0 Å². The van der Waals surface area contributed by atoms with Gasteiger partial charge in [-0.1, -0.05) is 27.7 Å². The summed E-state index contributed by atoms with van der Waals surface area (Å²) in [7, 11) is 0. The fourth-order valence-corrected chi connectivity index (χ4v) is 14.7. The third-order valence-electron chi connectivity index (χ3n) is 18.2. The molecule has 1 spiro atoms. The summed E-state index contributed by atoms with van der Waals surface area (Å²) in [6, 6.07) is 0. The van der Waals surface area contributed by atoms with E-state index in [0.29, 0.717) is 49.5 Å². The van der Waals surface area contributed by atoms with E-state index in [2.05, 4.69) is 27.7 Å². The van der Waals surface area contributed by atoms with E-state index in [-0.39, 0.29) is 34.7 Å². The Hall–Kier alpha value is -0.720. The van der Waals surface area contributed by atoms with Crippen LogP contribution in [-0.4, -0.2) is 187 Å². The van der Waals surface area contributed by atoms with E-state index >= 15 is 0 Å². The topological polar surface area (TPSA) is 276 Å². The highest BCUT2D eigenvalue weighted by atomic mass is 16.8. The highest BCUT2D eigenvalue weighted by molar-refractivity contribution is 5.17. The molecule has 0 radical (unpaired) electrons. The van der Waals surface area contributed by atoms with Crippen LogP contribution in [0.1, 0.15) is 92.4 Å². The first-order valence-electron chi connectivity index (χ1n) is 23.8. The van der Waals surface area contributed by atoms with Crippen LogP contribution in [-0.2, 0) is 37.9 Å². The normalized spacial score (nSPS) is 59.4. The van der Waals surface area contributed by atoms with Crippen molar-refractivity contribution in [3.05, 3.63) is 0 Å². The predicted octanol–water partition coefficient (Wildman–Crippen LogP) is -0.735. The Labute approximate surface area is 369 Å². The number of ether oxygens (including phenoxy) is 8. The van der Waals surface area contributed by atoms with E-state index in [1.54, 1.807) is 0 Å². The standard InChI is InChI=1S/C45H74O18/c1-18-6-11-45(56-17-18)19(2)30-27(63-45)14-24-22-13-26(25-12-21(48)7-9-43(25,4)23(22)8-10-44(24,30)5)58-42-39(62-40-36(54)34(52)31(49)20(3)57-40)38(33(51)29(16-47)60-42)61-41-37(55)35(53)32(50)28(15-46)59-41/h18-42,46-55H,6-17H2,1-5H3/t18-,19+,20-,21+,22-,23+,24+,25-,26+,27+,28-,29-,30+,31+,32-,33-,34+,35+,36-,37-,38+,39-,40+,41+,42-,43-,44+,45-/m1/s1. The van der Waals surface area contributed by atoms with E-state index < -0.39 is 123 Å². The fourth-order valence-electron chi connectivity index (χ4n) is 14.7. The molecule has 0 amide bonds. The zero-order valence-electron chi connectivity index (χ0n) is 37.2. The Morgan fingerprint density at radius 1 is 0.571 bits per heavy atom. The van der Waals surface area contributed by atoms with E-state index in [1.807, 2.05) is 0 Å². The average Bonchev–Trinajstić information content (AvgIpc) is 3.71. The molecule has 0 aromatic carbocycles. The van der Waals surface area contributed by atoms with Crippen molar-refractivity contribution in [2.24, 2.45) is 52.3 Å². The molecule has 0 aromatic heterocycles. The number of hydrogen-bond donors (Lipinski definition) is 10. The van der Waals surface area contributed by atoms with Crippen LogP contribution in [0.4, 0.5) is 0 Å². The van der Waals surface area contributed by atoms with Crippen LogP contribution in [0, 0.1) is 52.3 Å². The third-order valence-corrected chi connectivity index (χ3v) is 18.2. The summed E-state index contributed by atoms with van der Waals surface area (Å²) in [6.45, 7) is 10.0. The van der Waals surface area contributed by atoms with Gasteiger partial charge in [0.1, 0.15) is 67.1 Å². The summed E-state index contributed by atoms with van der Waals surface area (Å²) in [6.07, 6.45) is -17.4. The summed E-state index contributed by atoms with van der Waals surface area (Å²) < 4.78 is 51.3. The van der Waals surface area contributed by atoms with E-state index in [1.165, 1.54) is 6.92 Å². The molecule has 5 saturated heterocycles. The van der Waals surface area contributed by atoms with Crippen molar-refractivity contribution in [2.75, 3.05) is 19.8 Å². The lowest BCUT2D eigenvalue weighted by Crippen LogP contribution is -2.68. The molecule has 4 saturated carbocycles. The summed E-state index contributed by atoms with van der Waals surface area (Å²) in [5.41, 5.74) is -0.267. The Kier molecular flexibility index (Phi) is 13.3. The lowest BCUT2D eigenvalue weighted by atomic mass is 9.43. The van der Waals surface area contributed by atoms with Gasteiger partial charge in [-0.05, 0) is 105 Å². The summed E-state index contributed by atoms with van der Waals surface area (Å²) in [5.74, 6) is 1.19. The van der Waals surface area contributed by atoms with Crippen LogP contribution in [0.25, 0.3) is 0 Å². The van der Waals surface area contributed by atoms with Gasteiger partial charge in [-0.25, -0.2) is 0 Å². The van der Waals surface area contributed by atoms with Gasteiger partial charge in [0, 0.05) is 12.3 Å². The van der Waals surface area contributed by atoms with Crippen molar-refractivity contribution >= 4 is 0 Å². The molecule has 9 fully saturated rings. The quantitative estimate of drug-likeness (QED) is 0.134. The molecule has 28 atom stereocenters. The molecule has 9 rings (SSSR count). The highest BCUT2D eigenvalue weighted by Crippen LogP contribution is 2.71. The number of aliphatic hydroxyl groups is 10. The SMILES string of the molecule is C[C@@H]1CC[C@@]2(OC1)O[C@H]1C[C@H]3[C@@H]4C[C@H](O[C@@H]5O[C@H](CO)[C@@H](O)[C@H](O[C@@H]6O[C@H](CO)[C@@H](O)[C@H](O)[C@H]6O)[C@H]5O[C@@H]5O[C@H](C)[C@H](O)[C@H](O)[C@H]5O)[C@H]5C[C@@H](O)CC[C@]5(C)[C@H]4CC[C@]3(C)[C@H]1[C@@H]2C. The second-order valence-corrected chi connectivity index (χ2v) is 21.6. The molecule has 5 aliphatic heterocycles. The van der Waals surface area contributed by atoms with Gasteiger partial charge in [0.05, 0.1) is 44.2 Å². The maximum atomic E-state index is 11.8. The van der Waals surface area contributed by atoms with Gasteiger partial charge in [0.25, 0.3) is 0 Å². The average molecular weight is 903 g/mol. The van der Waals surface area contributed by atoms with Crippen molar-refractivity contribution in [1.82, 2.24) is 0 Å². The molecule has 10 N–H and O–H groups in total. The number of fused-ring (bicyclic) bond motifs is 7. The minimum Gasteiger partial charge on any atom is -0.394 e. The summed E-state index contributed by atoms with van der Waals surface area (Å²) in [5, 5.41) is 108. The molecule has 0 unspecified atom stereocenters. The monoisotopic (exact) mass is 902 g/mol. The first-order valence-corrected chi connectivity index (χ1v) is 23.8. The summed E-state index contributed by atoms with van der Waals surface area (Å²) in [4.78, 5) is 0. The van der Waals surface area contributed by atoms with Gasteiger partial charge in [0.15, 0.2) is 24.7 Å². The van der Waals surface area contributed by atoms with Gasteiger partial charge in [-0.3, -0.25) is 0 Å². The molecule has 0 aromatic rings. The van der Waals surface area contributed by atoms with Crippen LogP contribution in [0.2, 0.25) is 0 Å². The molecule has 63 heavy (non-hydrogen) atoms. The molecule has 18 nitrogen and oxygen atoms in total. The lowest BCUT2D eigenvalue weighted by molar-refractivity contribution is -0.398. The number of aliphatic hydroxyl groups excluding tert-OH is 10. The fraction of sp³-hybridized carbons (Fsp3) is 1.00. The second kappa shape index (κ2) is 17.7. The maximum Gasteiger partial charge on any atom is 0.187 e. The van der Waals surface area contributed by atoms with Gasteiger partial charge >= 0.3 is 0 Å². The molecule has 9 aliphatic rings. The molecule has 362 valence electrons. The second-order valence-electron chi connectivity index (χ2n) is 21.6. The third kappa shape index (κ3) is 7.79. The van der Waals surface area contributed by atoms with Gasteiger partial charge < -0.3 is 89.0 Å². The molecule has 18 heteroatoms. The van der Waals surface area contributed by atoms with Crippen LogP contribution in [0.5, 0.6) is 0 Å². The number of hydrogen-bond acceptors (Lipinski definition) is 18. The number of rotatable bonds is 8. The van der Waals surface area contributed by atoms with Crippen molar-refractivity contribution in [1.29, 1.82) is 0 Å². The van der Waals surface area contributed by atoms with Crippen LogP contribution in [0.3, 0.4) is 0 Å². The van der Waals surface area contributed by atoms with Crippen molar-refractivity contribution in [3.63, 3.8) is 0 Å². The Morgan fingerprint density at radius 3 is 1.89 bits per heavy atom. The van der Waals surface area contributed by atoms with E-state index in [0.717, 1.165) is 38.5 Å². The van der Waals surface area contributed by atoms with E-state index in [9.17, 15) is 51.1 Å². The van der Waals surface area contributed by atoms with Gasteiger partial charge in [-0.15, -0.1) is 0 Å². The summed E-state index contributed by atoms with van der Waals surface area (Å²) >= 11 is 0. The minimum atomic E-state index is -1.88. The Balaban J connectivity index is 1.04. The molecule has 5 heterocycles. The van der Waals surface area contributed by atoms with E-state index in [4.69, 9.17) is 37.9 Å². The minimum absolute atomic E-state index is 0.0247. The zero-order valence-corrected chi connectivity index (χ0v) is 37.2. The van der Waals surface area contributed by atoms with Crippen molar-refractivity contribution < 1.29 is 89.0 Å². The van der Waals surface area contributed by atoms with Crippen LogP contribution in [0.15, 0.2) is 0 Å². The Bertz CT molecular complexity index is 1580. The Morgan fingerprint density at radius 2 is 1.21 bits per heavy atom. The molecular formula is C45H74O18. The molecular weight excluding hydrogens is 828 g/mol. The first-order chi connectivity index (χ1) is 29.8. The highest BCUT2D eigenvalue weighted by Gasteiger charge is 2.70. The lowest BCUT2D eigenvalue weighted by Gasteiger charge is -2.63. The van der Waals surface area contributed by atoms with Gasteiger partial charge in [-0.2, -0.15) is 0 Å². The predicted molar refractivity (Wildman–Crippen MR) is 216 cm³/mol. The maximum absolute atomic E-state index is 11.8. The van der Waals surface area contributed by atoms with Crippen LogP contribution < -0.4 is 0 Å².